The number of piperazine rings is 1. The van der Waals surface area contributed by atoms with Gasteiger partial charge in [-0.15, -0.1) is 0 Å². The van der Waals surface area contributed by atoms with Gasteiger partial charge in [0.15, 0.2) is 5.96 Å². The number of nitrogens with one attached hydrogen (secondary N) is 1. The van der Waals surface area contributed by atoms with Crippen LogP contribution in [0.25, 0.3) is 0 Å². The van der Waals surface area contributed by atoms with Crippen LogP contribution in [0.1, 0.15) is 13.8 Å². The van der Waals surface area contributed by atoms with Crippen molar-refractivity contribution in [2.75, 3.05) is 53.5 Å². The number of aliphatic imine (C=N–C) groups is 1. The molecule has 0 aromatic heterocycles. The van der Waals surface area contributed by atoms with Crippen LogP contribution in [-0.2, 0) is 4.74 Å². The molecule has 6 nitrogen and oxygen atoms in total. The van der Waals surface area contributed by atoms with Crippen molar-refractivity contribution in [1.82, 2.24) is 15.1 Å². The molecule has 1 saturated heterocycles. The third-order valence-corrected chi connectivity index (χ3v) is 3.50. The molecule has 0 aromatic carbocycles. The van der Waals surface area contributed by atoms with Crippen LogP contribution in [0.15, 0.2) is 4.99 Å². The fraction of sp³-hybridized carbons (Fsp3) is 0.923. The predicted octanol–water partition coefficient (Wildman–Crippen LogP) is -0.438. The summed E-state index contributed by atoms with van der Waals surface area (Å²) >= 11 is 0. The van der Waals surface area contributed by atoms with Crippen molar-refractivity contribution < 1.29 is 4.74 Å². The van der Waals surface area contributed by atoms with Crippen molar-refractivity contribution in [3.05, 3.63) is 0 Å². The van der Waals surface area contributed by atoms with E-state index in [0.717, 1.165) is 32.7 Å². The summed E-state index contributed by atoms with van der Waals surface area (Å²) in [4.78, 5) is 9.24. The normalized spacial score (nSPS) is 22.2. The van der Waals surface area contributed by atoms with Crippen LogP contribution in [0.2, 0.25) is 0 Å². The highest BCUT2D eigenvalue weighted by Gasteiger charge is 2.18. The Morgan fingerprint density at radius 1 is 1.32 bits per heavy atom. The Labute approximate surface area is 117 Å². The molecule has 19 heavy (non-hydrogen) atoms. The minimum atomic E-state index is 0.188. The smallest absolute Gasteiger partial charge is 0.188 e. The van der Waals surface area contributed by atoms with Crippen molar-refractivity contribution in [2.45, 2.75) is 25.9 Å². The minimum absolute atomic E-state index is 0.188. The molecular weight excluding hydrogens is 242 g/mol. The van der Waals surface area contributed by atoms with Gasteiger partial charge in [-0.2, -0.15) is 0 Å². The Balaban J connectivity index is 2.29. The fourth-order valence-electron chi connectivity index (χ4n) is 2.20. The van der Waals surface area contributed by atoms with Crippen molar-refractivity contribution in [2.24, 2.45) is 10.7 Å². The lowest BCUT2D eigenvalue weighted by molar-refractivity contribution is 0.122. The highest BCUT2D eigenvalue weighted by molar-refractivity contribution is 5.78. The summed E-state index contributed by atoms with van der Waals surface area (Å²) in [6.07, 6.45) is 0. The standard InChI is InChI=1S/C13H29N5O/c1-11(10-19-4)16-13(14)15-9-12(2)18-7-5-17(3)6-8-18/h11-12H,5-10H2,1-4H3,(H3,14,15,16). The highest BCUT2D eigenvalue weighted by atomic mass is 16.5. The Bertz CT molecular complexity index is 276. The fourth-order valence-corrected chi connectivity index (χ4v) is 2.20. The first-order valence-electron chi connectivity index (χ1n) is 7.01. The molecule has 1 fully saturated rings. The molecule has 1 aliphatic rings. The molecule has 0 aliphatic carbocycles. The average Bonchev–Trinajstić information content (AvgIpc) is 2.37. The SMILES string of the molecule is COCC(C)NC(N)=NCC(C)N1CCN(C)CC1. The maximum absolute atomic E-state index is 5.86. The number of guanidine groups is 1. The molecule has 2 atom stereocenters. The lowest BCUT2D eigenvalue weighted by Gasteiger charge is -2.35. The molecule has 0 spiro atoms. The first-order chi connectivity index (χ1) is 9.02. The van der Waals surface area contributed by atoms with E-state index >= 15 is 0 Å². The number of nitrogens with zero attached hydrogens (tertiary/aromatic N) is 3. The molecule has 3 N–H and O–H groups in total. The summed E-state index contributed by atoms with van der Waals surface area (Å²) < 4.78 is 5.05. The van der Waals surface area contributed by atoms with Gasteiger partial charge in [-0.3, -0.25) is 9.89 Å². The summed E-state index contributed by atoms with van der Waals surface area (Å²) in [6.45, 7) is 10.1. The van der Waals surface area contributed by atoms with Gasteiger partial charge >= 0.3 is 0 Å². The first-order valence-corrected chi connectivity index (χ1v) is 7.01. The maximum atomic E-state index is 5.86. The number of hydrogen-bond donors (Lipinski definition) is 2. The van der Waals surface area contributed by atoms with Gasteiger partial charge in [-0.1, -0.05) is 0 Å². The van der Waals surface area contributed by atoms with Gasteiger partial charge in [-0.25, -0.2) is 0 Å². The van der Waals surface area contributed by atoms with E-state index in [-0.39, 0.29) is 6.04 Å². The van der Waals surface area contributed by atoms with Crippen molar-refractivity contribution >= 4 is 5.96 Å². The molecule has 0 amide bonds. The Morgan fingerprint density at radius 3 is 2.53 bits per heavy atom. The Morgan fingerprint density at radius 2 is 1.95 bits per heavy atom. The second-order valence-corrected chi connectivity index (χ2v) is 5.41. The van der Waals surface area contributed by atoms with Crippen molar-refractivity contribution in [3.8, 4) is 0 Å². The van der Waals surface area contributed by atoms with Gasteiger partial charge in [0.1, 0.15) is 0 Å². The molecule has 1 heterocycles. The number of methoxy groups -OCH3 is 1. The summed E-state index contributed by atoms with van der Waals surface area (Å²) in [5.41, 5.74) is 5.86. The van der Waals surface area contributed by atoms with Crippen molar-refractivity contribution in [3.63, 3.8) is 0 Å². The van der Waals surface area contributed by atoms with Crippen molar-refractivity contribution in [1.29, 1.82) is 0 Å². The van der Waals surface area contributed by atoms with E-state index in [1.807, 2.05) is 6.92 Å². The van der Waals surface area contributed by atoms with Crippen LogP contribution in [0, 0.1) is 0 Å². The molecule has 6 heteroatoms. The third kappa shape index (κ3) is 6.22. The monoisotopic (exact) mass is 271 g/mol. The number of ether oxygens (including phenoxy) is 1. The van der Waals surface area contributed by atoms with E-state index < -0.39 is 0 Å². The molecule has 0 radical (unpaired) electrons. The summed E-state index contributed by atoms with van der Waals surface area (Å²) in [5, 5.41) is 3.12. The molecule has 0 aromatic rings. The largest absolute Gasteiger partial charge is 0.383 e. The van der Waals surface area contributed by atoms with E-state index in [1.165, 1.54) is 0 Å². The number of hydrogen-bond acceptors (Lipinski definition) is 4. The van der Waals surface area contributed by atoms with E-state index in [2.05, 4.69) is 34.1 Å². The zero-order chi connectivity index (χ0) is 14.3. The van der Waals surface area contributed by atoms with Gasteiger partial charge < -0.3 is 20.7 Å². The molecule has 112 valence electrons. The average molecular weight is 271 g/mol. The van der Waals surface area contributed by atoms with Crippen LogP contribution in [0.3, 0.4) is 0 Å². The second kappa shape index (κ2) is 8.35. The van der Waals surface area contributed by atoms with Crippen LogP contribution in [0.5, 0.6) is 0 Å². The molecule has 1 rings (SSSR count). The number of nitrogens with two attached hydrogens (primary N) is 1. The molecular formula is C13H29N5O. The van der Waals surface area contributed by atoms with Crippen LogP contribution in [0.4, 0.5) is 0 Å². The van der Waals surface area contributed by atoms with E-state index in [4.69, 9.17) is 10.5 Å². The van der Waals surface area contributed by atoms with Gasteiger partial charge in [0, 0.05) is 45.4 Å². The lowest BCUT2D eigenvalue weighted by atomic mass is 10.2. The lowest BCUT2D eigenvalue weighted by Crippen LogP contribution is -2.49. The van der Waals surface area contributed by atoms with Gasteiger partial charge in [-0.05, 0) is 20.9 Å². The van der Waals surface area contributed by atoms with Gasteiger partial charge in [0.2, 0.25) is 0 Å². The molecule has 0 saturated carbocycles. The van der Waals surface area contributed by atoms with Crippen LogP contribution in [-0.4, -0.2) is 81.3 Å². The zero-order valence-corrected chi connectivity index (χ0v) is 12.7. The van der Waals surface area contributed by atoms with Crippen LogP contribution < -0.4 is 11.1 Å². The quantitative estimate of drug-likeness (QED) is 0.506. The molecule has 2 unspecified atom stereocenters. The Kier molecular flexibility index (Phi) is 7.12. The van der Waals surface area contributed by atoms with E-state index in [9.17, 15) is 0 Å². The minimum Gasteiger partial charge on any atom is -0.383 e. The zero-order valence-electron chi connectivity index (χ0n) is 12.7. The summed E-state index contributed by atoms with van der Waals surface area (Å²) in [7, 11) is 3.85. The third-order valence-electron chi connectivity index (χ3n) is 3.50. The number of rotatable bonds is 6. The first kappa shape index (κ1) is 16.2. The molecule has 0 bridgehead atoms. The maximum Gasteiger partial charge on any atom is 0.188 e. The van der Waals surface area contributed by atoms with E-state index in [0.29, 0.717) is 18.6 Å². The topological polar surface area (TPSA) is 66.1 Å². The molecule has 1 aliphatic heterocycles. The Hall–Kier alpha value is -0.850. The highest BCUT2D eigenvalue weighted by Crippen LogP contribution is 2.04. The summed E-state index contributed by atoms with van der Waals surface area (Å²) in [6, 6.07) is 0.625. The van der Waals surface area contributed by atoms with E-state index in [1.54, 1.807) is 7.11 Å². The second-order valence-electron chi connectivity index (χ2n) is 5.41. The summed E-state index contributed by atoms with van der Waals surface area (Å²) in [5.74, 6) is 0.505. The van der Waals surface area contributed by atoms with Gasteiger partial charge in [0.25, 0.3) is 0 Å². The number of likely N-dealkylation sites (N-methyl/N-ethyl adjacent to an activating group) is 1. The predicted molar refractivity (Wildman–Crippen MR) is 79.5 cm³/mol. The van der Waals surface area contributed by atoms with Gasteiger partial charge in [0.05, 0.1) is 13.2 Å². The van der Waals surface area contributed by atoms with Crippen LogP contribution >= 0.6 is 0 Å².